The molecule has 0 bridgehead atoms. The number of halogens is 1. The molecule has 0 aromatic carbocycles. The van der Waals surface area contributed by atoms with Crippen molar-refractivity contribution in [2.24, 2.45) is 11.3 Å². The predicted molar refractivity (Wildman–Crippen MR) is 109 cm³/mol. The van der Waals surface area contributed by atoms with Gasteiger partial charge in [0.05, 0.1) is 16.9 Å². The van der Waals surface area contributed by atoms with Gasteiger partial charge >= 0.3 is 5.82 Å². The molecular formula is C18H20BrN5O3S. The molecule has 0 saturated heterocycles. The van der Waals surface area contributed by atoms with E-state index in [0.717, 1.165) is 29.7 Å². The van der Waals surface area contributed by atoms with Crippen LogP contribution < -0.4 is 5.32 Å². The van der Waals surface area contributed by atoms with E-state index in [1.807, 2.05) is 0 Å². The van der Waals surface area contributed by atoms with Gasteiger partial charge in [0.15, 0.2) is 0 Å². The second-order valence-electron chi connectivity index (χ2n) is 7.93. The van der Waals surface area contributed by atoms with Gasteiger partial charge in [-0.05, 0) is 57.0 Å². The highest BCUT2D eigenvalue weighted by atomic mass is 79.9. The molecule has 0 spiro atoms. The Balaban J connectivity index is 1.77. The highest BCUT2D eigenvalue weighted by Gasteiger charge is 2.32. The van der Waals surface area contributed by atoms with E-state index < -0.39 is 4.92 Å². The van der Waals surface area contributed by atoms with Crippen LogP contribution in [0.5, 0.6) is 0 Å². The van der Waals surface area contributed by atoms with E-state index in [4.69, 9.17) is 0 Å². The molecule has 2 heterocycles. The number of nitriles is 1. The number of nitro groups is 1. The van der Waals surface area contributed by atoms with Gasteiger partial charge in [0, 0.05) is 4.88 Å². The van der Waals surface area contributed by atoms with Crippen LogP contribution in [0.15, 0.2) is 10.7 Å². The Morgan fingerprint density at radius 3 is 2.86 bits per heavy atom. The maximum absolute atomic E-state index is 12.4. The van der Waals surface area contributed by atoms with E-state index in [9.17, 15) is 20.2 Å². The van der Waals surface area contributed by atoms with E-state index >= 15 is 0 Å². The molecule has 0 radical (unpaired) electrons. The molecule has 0 saturated carbocycles. The van der Waals surface area contributed by atoms with Crippen LogP contribution in [0.25, 0.3) is 0 Å². The number of carbonyl (C=O) groups excluding carboxylic acids is 1. The fraction of sp³-hybridized carbons (Fsp3) is 0.500. The lowest BCUT2D eigenvalue weighted by atomic mass is 9.72. The van der Waals surface area contributed by atoms with Crippen molar-refractivity contribution < 1.29 is 9.72 Å². The van der Waals surface area contributed by atoms with Crippen molar-refractivity contribution in [2.45, 2.75) is 46.6 Å². The number of fused-ring (bicyclic) bond motifs is 1. The van der Waals surface area contributed by atoms with E-state index in [1.165, 1.54) is 22.2 Å². The third-order valence-corrected chi connectivity index (χ3v) is 6.76. The minimum atomic E-state index is -0.620. The van der Waals surface area contributed by atoms with Gasteiger partial charge in [-0.3, -0.25) is 4.79 Å². The van der Waals surface area contributed by atoms with Crippen molar-refractivity contribution in [1.29, 1.82) is 5.26 Å². The van der Waals surface area contributed by atoms with Crippen LogP contribution in [-0.4, -0.2) is 20.6 Å². The largest absolute Gasteiger partial charge is 0.404 e. The molecule has 1 aliphatic carbocycles. The third kappa shape index (κ3) is 4.10. The van der Waals surface area contributed by atoms with Crippen LogP contribution in [0, 0.1) is 32.8 Å². The first-order chi connectivity index (χ1) is 13.1. The Bertz CT molecular complexity index is 983. The van der Waals surface area contributed by atoms with Crippen molar-refractivity contribution in [3.8, 4) is 6.07 Å². The van der Waals surface area contributed by atoms with Crippen molar-refractivity contribution in [1.82, 2.24) is 9.78 Å². The molecule has 10 heteroatoms. The summed E-state index contributed by atoms with van der Waals surface area (Å²) < 4.78 is 1.41. The molecule has 2 aromatic rings. The van der Waals surface area contributed by atoms with Crippen LogP contribution in [0.4, 0.5) is 10.8 Å². The van der Waals surface area contributed by atoms with Gasteiger partial charge in [-0.15, -0.1) is 11.3 Å². The first kappa shape index (κ1) is 20.5. The van der Waals surface area contributed by atoms with E-state index in [1.54, 1.807) is 0 Å². The van der Waals surface area contributed by atoms with Crippen molar-refractivity contribution in [3.63, 3.8) is 0 Å². The molecule has 28 heavy (non-hydrogen) atoms. The molecule has 0 unspecified atom stereocenters. The van der Waals surface area contributed by atoms with E-state index in [2.05, 4.69) is 53.2 Å². The molecule has 8 nitrogen and oxygen atoms in total. The molecule has 0 aliphatic heterocycles. The lowest BCUT2D eigenvalue weighted by Crippen LogP contribution is -2.26. The molecule has 1 aliphatic rings. The number of anilines is 1. The summed E-state index contributed by atoms with van der Waals surface area (Å²) in [6.45, 7) is 6.51. The van der Waals surface area contributed by atoms with Gasteiger partial charge < -0.3 is 15.4 Å². The first-order valence-corrected chi connectivity index (χ1v) is 10.4. The summed E-state index contributed by atoms with van der Waals surface area (Å²) in [6.07, 6.45) is 4.16. The predicted octanol–water partition coefficient (Wildman–Crippen LogP) is 4.28. The smallest absolute Gasteiger partial charge is 0.358 e. The topological polar surface area (TPSA) is 114 Å². The fourth-order valence-corrected chi connectivity index (χ4v) is 5.19. The highest BCUT2D eigenvalue weighted by molar-refractivity contribution is 9.10. The van der Waals surface area contributed by atoms with Gasteiger partial charge in [0.2, 0.25) is 5.91 Å². The Labute approximate surface area is 174 Å². The Kier molecular flexibility index (Phi) is 5.59. The molecule has 1 atom stereocenters. The second kappa shape index (κ2) is 7.64. The summed E-state index contributed by atoms with van der Waals surface area (Å²) in [7, 11) is 0. The normalized spacial score (nSPS) is 16.3. The maximum Gasteiger partial charge on any atom is 0.404 e. The number of carbonyl (C=O) groups is 1. The average molecular weight is 466 g/mol. The number of aromatic nitrogens is 2. The maximum atomic E-state index is 12.4. The van der Waals surface area contributed by atoms with Crippen LogP contribution in [0.3, 0.4) is 0 Å². The Hall–Kier alpha value is -2.25. The van der Waals surface area contributed by atoms with Crippen LogP contribution in [0.2, 0.25) is 0 Å². The zero-order chi connectivity index (χ0) is 20.6. The fourth-order valence-electron chi connectivity index (χ4n) is 3.44. The lowest BCUT2D eigenvalue weighted by molar-refractivity contribution is -0.390. The minimum Gasteiger partial charge on any atom is -0.358 e. The standard InChI is InChI=1S/C18H20BrN5O3S/c1-18(2,3)10-4-5-11-12(7-20)17(28-14(11)6-10)21-15(25)9-23-8-13(19)16(22-23)24(26)27/h8,10H,4-6,9H2,1-3H3,(H,21,25)/t10-/m1/s1. The Morgan fingerprint density at radius 1 is 1.57 bits per heavy atom. The summed E-state index contributed by atoms with van der Waals surface area (Å²) in [6, 6.07) is 2.23. The van der Waals surface area contributed by atoms with Gasteiger partial charge in [-0.2, -0.15) is 9.94 Å². The zero-order valence-corrected chi connectivity index (χ0v) is 18.2. The summed E-state index contributed by atoms with van der Waals surface area (Å²) >= 11 is 4.52. The number of rotatable bonds is 4. The van der Waals surface area contributed by atoms with Gasteiger partial charge in [-0.1, -0.05) is 20.8 Å². The highest BCUT2D eigenvalue weighted by Crippen LogP contribution is 2.44. The number of thiophene rings is 1. The number of nitrogens with zero attached hydrogens (tertiary/aromatic N) is 4. The Morgan fingerprint density at radius 2 is 2.29 bits per heavy atom. The molecular weight excluding hydrogens is 446 g/mol. The van der Waals surface area contributed by atoms with Crippen LogP contribution >= 0.6 is 27.3 Å². The van der Waals surface area contributed by atoms with Gasteiger partial charge in [0.25, 0.3) is 0 Å². The molecule has 1 amide bonds. The van der Waals surface area contributed by atoms with E-state index in [0.29, 0.717) is 16.5 Å². The monoisotopic (exact) mass is 465 g/mol. The van der Waals surface area contributed by atoms with Crippen molar-refractivity contribution in [2.75, 3.05) is 5.32 Å². The van der Waals surface area contributed by atoms with Crippen molar-refractivity contribution in [3.05, 3.63) is 36.8 Å². The average Bonchev–Trinajstić information content (AvgIpc) is 3.12. The summed E-state index contributed by atoms with van der Waals surface area (Å²) in [4.78, 5) is 23.8. The SMILES string of the molecule is CC(C)(C)[C@@H]1CCc2c(sc(NC(=O)Cn3cc(Br)c([N+](=O)[O-])n3)c2C#N)C1. The zero-order valence-electron chi connectivity index (χ0n) is 15.8. The number of hydrogen-bond acceptors (Lipinski definition) is 6. The quantitative estimate of drug-likeness (QED) is 0.534. The molecule has 3 rings (SSSR count). The summed E-state index contributed by atoms with van der Waals surface area (Å²) in [5, 5.41) is 27.6. The number of hydrogen-bond donors (Lipinski definition) is 1. The molecule has 148 valence electrons. The molecule has 1 N–H and O–H groups in total. The molecule has 2 aromatic heterocycles. The van der Waals surface area contributed by atoms with Gasteiger partial charge in [0.1, 0.15) is 22.1 Å². The first-order valence-electron chi connectivity index (χ1n) is 8.82. The minimum absolute atomic E-state index is 0.176. The van der Waals surface area contributed by atoms with Gasteiger partial charge in [-0.25, -0.2) is 0 Å². The van der Waals surface area contributed by atoms with E-state index in [-0.39, 0.29) is 28.2 Å². The van der Waals surface area contributed by atoms with Crippen LogP contribution in [0.1, 0.15) is 43.2 Å². The number of amides is 1. The summed E-state index contributed by atoms with van der Waals surface area (Å²) in [5.41, 5.74) is 1.77. The third-order valence-electron chi connectivity index (χ3n) is 5.03. The lowest BCUT2D eigenvalue weighted by Gasteiger charge is -2.33. The number of nitrogens with one attached hydrogen (secondary N) is 1. The van der Waals surface area contributed by atoms with Crippen molar-refractivity contribution >= 4 is 44.0 Å². The second-order valence-corrected chi connectivity index (χ2v) is 9.89. The van der Waals surface area contributed by atoms with Crippen LogP contribution in [-0.2, 0) is 24.2 Å². The summed E-state index contributed by atoms with van der Waals surface area (Å²) in [5.74, 6) is -0.187. The molecule has 0 fully saturated rings.